The molecule has 4 heteroatoms. The third-order valence-electron chi connectivity index (χ3n) is 3.79. The molecule has 1 fully saturated rings. The summed E-state index contributed by atoms with van der Waals surface area (Å²) in [7, 11) is 3.12. The molecule has 0 amide bonds. The smallest absolute Gasteiger partial charge is 0.310 e. The van der Waals surface area contributed by atoms with Crippen LogP contribution in [0.15, 0.2) is 24.3 Å². The first-order chi connectivity index (χ1) is 9.24. The number of hydrogen-bond donors (Lipinski definition) is 1. The van der Waals surface area contributed by atoms with Gasteiger partial charge in [0.1, 0.15) is 5.75 Å². The van der Waals surface area contributed by atoms with Crippen molar-refractivity contribution in [3.8, 4) is 5.75 Å². The minimum atomic E-state index is -0.106. The zero-order valence-electron chi connectivity index (χ0n) is 11.5. The van der Waals surface area contributed by atoms with Crippen molar-refractivity contribution in [1.29, 1.82) is 0 Å². The highest BCUT2D eigenvalue weighted by molar-refractivity contribution is 5.73. The molecule has 1 aliphatic heterocycles. The van der Waals surface area contributed by atoms with Gasteiger partial charge in [0.2, 0.25) is 0 Å². The first kappa shape index (κ1) is 13.9. The third kappa shape index (κ3) is 3.47. The Morgan fingerprint density at radius 2 is 2.05 bits per heavy atom. The number of hydrogen-bond acceptors (Lipinski definition) is 4. The molecule has 104 valence electrons. The fraction of sp³-hybridized carbons (Fsp3) is 0.533. The molecule has 0 spiro atoms. The van der Waals surface area contributed by atoms with E-state index in [9.17, 15) is 4.79 Å². The summed E-state index contributed by atoms with van der Waals surface area (Å²) in [6.45, 7) is 1.68. The summed E-state index contributed by atoms with van der Waals surface area (Å²) >= 11 is 0. The molecule has 19 heavy (non-hydrogen) atoms. The van der Waals surface area contributed by atoms with Gasteiger partial charge >= 0.3 is 5.97 Å². The van der Waals surface area contributed by atoms with Crippen LogP contribution in [0.5, 0.6) is 5.75 Å². The van der Waals surface area contributed by atoms with Gasteiger partial charge in [-0.3, -0.25) is 4.79 Å². The van der Waals surface area contributed by atoms with Gasteiger partial charge in [-0.1, -0.05) is 12.1 Å². The van der Waals surface area contributed by atoms with Crippen LogP contribution in [0, 0.1) is 11.8 Å². The van der Waals surface area contributed by atoms with Gasteiger partial charge in [0, 0.05) is 6.54 Å². The summed E-state index contributed by atoms with van der Waals surface area (Å²) in [5, 5.41) is 3.26. The molecule has 4 nitrogen and oxygen atoms in total. The fourth-order valence-electron chi connectivity index (χ4n) is 2.65. The second-order valence-corrected chi connectivity index (χ2v) is 4.93. The van der Waals surface area contributed by atoms with Gasteiger partial charge in [0.25, 0.3) is 0 Å². The number of ether oxygens (including phenoxy) is 2. The maximum atomic E-state index is 11.8. The molecule has 2 rings (SSSR count). The SMILES string of the molecule is COC(=O)[C@@H]1CNCC[C@H]1Cc1ccc(OC)cc1. The number of methoxy groups -OCH3 is 2. The predicted molar refractivity (Wildman–Crippen MR) is 73.2 cm³/mol. The summed E-state index contributed by atoms with van der Waals surface area (Å²) in [4.78, 5) is 11.8. The van der Waals surface area contributed by atoms with Gasteiger partial charge in [-0.2, -0.15) is 0 Å². The summed E-state index contributed by atoms with van der Waals surface area (Å²) < 4.78 is 10.0. The fourth-order valence-corrected chi connectivity index (χ4v) is 2.65. The molecular formula is C15H21NO3. The van der Waals surface area contributed by atoms with E-state index >= 15 is 0 Å². The van der Waals surface area contributed by atoms with Crippen LogP contribution in [0.25, 0.3) is 0 Å². The standard InChI is InChI=1S/C15H21NO3/c1-18-13-5-3-11(4-6-13)9-12-7-8-16-10-14(12)15(17)19-2/h3-6,12,14,16H,7-10H2,1-2H3/t12-,14+/m0/s1. The van der Waals surface area contributed by atoms with Crippen molar-refractivity contribution in [2.75, 3.05) is 27.3 Å². The first-order valence-electron chi connectivity index (χ1n) is 6.66. The van der Waals surface area contributed by atoms with Crippen LogP contribution in [0.3, 0.4) is 0 Å². The zero-order valence-corrected chi connectivity index (χ0v) is 11.5. The number of carbonyl (C=O) groups excluding carboxylic acids is 1. The highest BCUT2D eigenvalue weighted by atomic mass is 16.5. The molecule has 1 N–H and O–H groups in total. The van der Waals surface area contributed by atoms with Crippen molar-refractivity contribution in [2.45, 2.75) is 12.8 Å². The molecule has 2 atom stereocenters. The molecule has 1 aromatic carbocycles. The lowest BCUT2D eigenvalue weighted by Gasteiger charge is -2.30. The Kier molecular flexibility index (Phi) is 4.80. The average molecular weight is 263 g/mol. The van der Waals surface area contributed by atoms with Crippen molar-refractivity contribution in [3.63, 3.8) is 0 Å². The van der Waals surface area contributed by atoms with Gasteiger partial charge < -0.3 is 14.8 Å². The van der Waals surface area contributed by atoms with Crippen LogP contribution < -0.4 is 10.1 Å². The van der Waals surface area contributed by atoms with Crippen LogP contribution in [0.1, 0.15) is 12.0 Å². The Bertz CT molecular complexity index is 416. The lowest BCUT2D eigenvalue weighted by atomic mass is 9.82. The second-order valence-electron chi connectivity index (χ2n) is 4.93. The topological polar surface area (TPSA) is 47.6 Å². The van der Waals surface area contributed by atoms with Gasteiger partial charge in [-0.15, -0.1) is 0 Å². The predicted octanol–water partition coefficient (Wildman–Crippen LogP) is 1.64. The molecule has 0 bridgehead atoms. The molecule has 0 unspecified atom stereocenters. The summed E-state index contributed by atoms with van der Waals surface area (Å²) in [6.07, 6.45) is 1.91. The van der Waals surface area contributed by atoms with E-state index in [-0.39, 0.29) is 11.9 Å². The third-order valence-corrected chi connectivity index (χ3v) is 3.79. The van der Waals surface area contributed by atoms with Gasteiger partial charge in [-0.05, 0) is 43.0 Å². The van der Waals surface area contributed by atoms with E-state index in [1.54, 1.807) is 7.11 Å². The number of rotatable bonds is 4. The van der Waals surface area contributed by atoms with Crippen LogP contribution in [-0.4, -0.2) is 33.3 Å². The minimum absolute atomic E-state index is 0.0409. The normalized spacial score (nSPS) is 22.8. The maximum absolute atomic E-state index is 11.8. The second kappa shape index (κ2) is 6.57. The Morgan fingerprint density at radius 1 is 1.32 bits per heavy atom. The number of piperidine rings is 1. The molecule has 1 saturated heterocycles. The van der Waals surface area contributed by atoms with Crippen LogP contribution in [0.2, 0.25) is 0 Å². The van der Waals surface area contributed by atoms with Crippen LogP contribution in [0.4, 0.5) is 0 Å². The van der Waals surface area contributed by atoms with E-state index in [0.717, 1.165) is 25.1 Å². The average Bonchev–Trinajstić information content (AvgIpc) is 2.48. The first-order valence-corrected chi connectivity index (χ1v) is 6.66. The molecule has 1 aromatic rings. The van der Waals surface area contributed by atoms with E-state index in [1.807, 2.05) is 12.1 Å². The highest BCUT2D eigenvalue weighted by Gasteiger charge is 2.31. The molecule has 0 saturated carbocycles. The van der Waals surface area contributed by atoms with Crippen molar-refractivity contribution < 1.29 is 14.3 Å². The summed E-state index contributed by atoms with van der Waals surface area (Å²) in [5.41, 5.74) is 1.24. The molecule has 1 aliphatic rings. The quantitative estimate of drug-likeness (QED) is 0.839. The number of esters is 1. The maximum Gasteiger partial charge on any atom is 0.310 e. The number of carbonyl (C=O) groups is 1. The minimum Gasteiger partial charge on any atom is -0.497 e. The zero-order chi connectivity index (χ0) is 13.7. The lowest BCUT2D eigenvalue weighted by Crippen LogP contribution is -2.42. The van der Waals surface area contributed by atoms with E-state index in [2.05, 4.69) is 17.4 Å². The molecule has 1 heterocycles. The molecule has 0 radical (unpaired) electrons. The van der Waals surface area contributed by atoms with Gasteiger partial charge in [0.15, 0.2) is 0 Å². The molecule has 0 aromatic heterocycles. The van der Waals surface area contributed by atoms with Crippen LogP contribution in [-0.2, 0) is 16.0 Å². The van der Waals surface area contributed by atoms with Crippen molar-refractivity contribution in [2.24, 2.45) is 11.8 Å². The van der Waals surface area contributed by atoms with Gasteiger partial charge in [-0.25, -0.2) is 0 Å². The Morgan fingerprint density at radius 3 is 2.68 bits per heavy atom. The van der Waals surface area contributed by atoms with E-state index in [4.69, 9.17) is 9.47 Å². The lowest BCUT2D eigenvalue weighted by molar-refractivity contribution is -0.148. The summed E-state index contributed by atoms with van der Waals surface area (Å²) in [5.74, 6) is 1.06. The molecule has 0 aliphatic carbocycles. The monoisotopic (exact) mass is 263 g/mol. The van der Waals surface area contributed by atoms with Crippen LogP contribution >= 0.6 is 0 Å². The number of nitrogens with one attached hydrogen (secondary N) is 1. The van der Waals surface area contributed by atoms with E-state index < -0.39 is 0 Å². The van der Waals surface area contributed by atoms with Crippen molar-refractivity contribution in [1.82, 2.24) is 5.32 Å². The Hall–Kier alpha value is -1.55. The number of benzene rings is 1. The van der Waals surface area contributed by atoms with Gasteiger partial charge in [0.05, 0.1) is 20.1 Å². The largest absolute Gasteiger partial charge is 0.497 e. The Labute approximate surface area is 114 Å². The highest BCUT2D eigenvalue weighted by Crippen LogP contribution is 2.25. The molecular weight excluding hydrogens is 242 g/mol. The summed E-state index contributed by atoms with van der Waals surface area (Å²) in [6, 6.07) is 8.05. The van der Waals surface area contributed by atoms with E-state index in [1.165, 1.54) is 12.7 Å². The van der Waals surface area contributed by atoms with Crippen molar-refractivity contribution >= 4 is 5.97 Å². The van der Waals surface area contributed by atoms with E-state index in [0.29, 0.717) is 12.5 Å². The Balaban J connectivity index is 2.03. The van der Waals surface area contributed by atoms with Crippen molar-refractivity contribution in [3.05, 3.63) is 29.8 Å².